The molecule has 3 fully saturated rings. The maximum atomic E-state index is 11.5. The molecule has 6 aromatic heterocycles. The van der Waals surface area contributed by atoms with Crippen molar-refractivity contribution in [1.29, 1.82) is 0 Å². The molecule has 0 aromatic carbocycles. The SMILES string of the molecule is CC[C@H]1OC(=O)[C@](C)(N=[N+]=[N-])[C@@H]1C.CC[C@H]1OC(O)(c2scc3c(SC)ncnc23)[C@](C)(N=[N+]=[N-])[C@@H]1C.CSc1ncnc2c(Br)scc12.C[C@@]1(N=[N+]=[N-])[C@H](O)[C@@H](CO)O[C@H]1c1scc2c(N)ncnc12. The first-order valence-electron chi connectivity index (χ1n) is 21.7. The van der Waals surface area contributed by atoms with Crippen LogP contribution in [0.5, 0.6) is 0 Å². The predicted molar refractivity (Wildman–Crippen MR) is 279 cm³/mol. The topological polar surface area (TPSA) is 355 Å². The Morgan fingerprint density at radius 3 is 1.93 bits per heavy atom. The van der Waals surface area contributed by atoms with Crippen LogP contribution in [-0.2, 0) is 24.8 Å². The van der Waals surface area contributed by atoms with E-state index in [1.807, 2.05) is 45.6 Å². The van der Waals surface area contributed by atoms with Crippen LogP contribution in [-0.4, -0.2) is 111 Å². The number of cyclic esters (lactones) is 1. The van der Waals surface area contributed by atoms with Crippen molar-refractivity contribution < 1.29 is 34.3 Å². The van der Waals surface area contributed by atoms with Gasteiger partial charge in [0, 0.05) is 47.6 Å². The van der Waals surface area contributed by atoms with Crippen molar-refractivity contribution in [2.24, 2.45) is 27.2 Å². The van der Waals surface area contributed by atoms with E-state index >= 15 is 0 Å². The predicted octanol–water partition coefficient (Wildman–Crippen LogP) is 10.4. The lowest BCUT2D eigenvalue weighted by atomic mass is 9.79. The molecule has 6 aromatic rings. The summed E-state index contributed by atoms with van der Waals surface area (Å²) in [7, 11) is 0. The zero-order chi connectivity index (χ0) is 52.1. The number of halogens is 1. The Morgan fingerprint density at radius 1 is 0.789 bits per heavy atom. The second-order valence-corrected chi connectivity index (χ2v) is 22.5. The fourth-order valence-electron chi connectivity index (χ4n) is 8.55. The van der Waals surface area contributed by atoms with Gasteiger partial charge in [0.25, 0.3) is 0 Å². The van der Waals surface area contributed by atoms with Gasteiger partial charge in [0.15, 0.2) is 0 Å². The van der Waals surface area contributed by atoms with Gasteiger partial charge in [-0.15, -0.1) is 57.5 Å². The zero-order valence-electron chi connectivity index (χ0n) is 39.8. The van der Waals surface area contributed by atoms with Gasteiger partial charge in [-0.3, -0.25) is 4.79 Å². The highest BCUT2D eigenvalue weighted by Gasteiger charge is 2.63. The lowest BCUT2D eigenvalue weighted by Crippen LogP contribution is -2.47. The molecule has 3 saturated heterocycles. The molecule has 0 bridgehead atoms. The number of esters is 1. The number of carbonyl (C=O) groups is 1. The van der Waals surface area contributed by atoms with E-state index in [-0.39, 0.29) is 30.7 Å². The summed E-state index contributed by atoms with van der Waals surface area (Å²) in [6.45, 7) is 12.3. The van der Waals surface area contributed by atoms with Crippen molar-refractivity contribution in [1.82, 2.24) is 29.9 Å². The van der Waals surface area contributed by atoms with Crippen molar-refractivity contribution in [2.75, 3.05) is 24.9 Å². The number of rotatable bonds is 10. The van der Waals surface area contributed by atoms with Crippen LogP contribution in [0.3, 0.4) is 0 Å². The molecule has 0 radical (unpaired) electrons. The number of nitrogens with two attached hydrogens (primary N) is 1. The molecular weight excluding hydrogens is 1080 g/mol. The lowest BCUT2D eigenvalue weighted by molar-refractivity contribution is -0.221. The number of nitrogens with zero attached hydrogens (tertiary/aromatic N) is 15. The molecule has 0 spiro atoms. The number of thioether (sulfide) groups is 2. The molecule has 23 nitrogen and oxygen atoms in total. The first-order valence-corrected chi connectivity index (χ1v) is 27.6. The second-order valence-electron chi connectivity index (χ2n) is 16.9. The first-order chi connectivity index (χ1) is 33.8. The van der Waals surface area contributed by atoms with E-state index in [0.29, 0.717) is 38.4 Å². The van der Waals surface area contributed by atoms with Gasteiger partial charge in [-0.1, -0.05) is 43.0 Å². The highest BCUT2D eigenvalue weighted by Crippen LogP contribution is 2.55. The van der Waals surface area contributed by atoms with Gasteiger partial charge in [0.05, 0.1) is 54.3 Å². The van der Waals surface area contributed by atoms with Gasteiger partial charge in [-0.2, -0.15) is 0 Å². The molecule has 378 valence electrons. The number of hydrogen-bond donors (Lipinski definition) is 4. The Labute approximate surface area is 435 Å². The van der Waals surface area contributed by atoms with Gasteiger partial charge < -0.3 is 35.3 Å². The zero-order valence-corrected chi connectivity index (χ0v) is 45.5. The third-order valence-corrected chi connectivity index (χ3v) is 18.4. The van der Waals surface area contributed by atoms with E-state index in [2.05, 4.69) is 81.3 Å². The summed E-state index contributed by atoms with van der Waals surface area (Å²) in [5, 5.41) is 52.7. The molecule has 0 saturated carbocycles. The fourth-order valence-corrected chi connectivity index (χ4v) is 13.4. The van der Waals surface area contributed by atoms with Gasteiger partial charge in [0.2, 0.25) is 5.79 Å². The Bertz CT molecular complexity index is 3040. The number of hydrogen-bond acceptors (Lipinski definition) is 22. The number of ether oxygens (including phenoxy) is 3. The minimum atomic E-state index is -1.71. The highest BCUT2D eigenvalue weighted by molar-refractivity contribution is 9.11. The molecule has 3 aliphatic heterocycles. The van der Waals surface area contributed by atoms with Crippen LogP contribution in [0, 0.1) is 11.8 Å². The molecule has 1 unspecified atom stereocenters. The first kappa shape index (κ1) is 55.6. The Morgan fingerprint density at radius 2 is 1.35 bits per heavy atom. The molecule has 0 amide bonds. The van der Waals surface area contributed by atoms with Crippen LogP contribution in [0.15, 0.2) is 64.3 Å². The minimum Gasteiger partial charge on any atom is -0.462 e. The summed E-state index contributed by atoms with van der Waals surface area (Å²) in [5.74, 6) is -1.97. The van der Waals surface area contributed by atoms with Gasteiger partial charge in [0.1, 0.15) is 69.8 Å². The number of anilines is 1. The fraction of sp³-hybridized carbons (Fsp3) is 0.548. The summed E-state index contributed by atoms with van der Waals surface area (Å²) >= 11 is 11.0. The molecule has 3 aliphatic rings. The standard InChI is InChI=1S/C15H19N5O2S2.C12H14N6O3S.C8H13N3O2.C7H5BrN2S2/c1-5-10-8(2)14(3,19-20-16)15(21,22-10)12-11-9(6-24-12)13(23-4)18-7-17-11;1-12(17-18-14)9(20)6(2-19)21-10(12)8-7-5(3-22-8)11(13)16-4-15-7;1-4-6-5(2)8(3,10-11-9)7(12)13-6;1-11-7-4-2-12-6(8)5(4)9-3-10-7/h6-8,10,21H,5H2,1-4H3;3-4,6,9-10,19-20H,2H2,1H3,(H2,13,15,16);5-6H,4H2,1-3H3;2-3H,1H3/t8-,10-,14-,15?;6-,9-,10+,12-;5-,6-,8-;/m111./s1. The number of aromatic nitrogens is 6. The van der Waals surface area contributed by atoms with Crippen molar-refractivity contribution in [3.05, 3.63) is 80.0 Å². The summed E-state index contributed by atoms with van der Waals surface area (Å²) in [4.78, 5) is 46.2. The second kappa shape index (κ2) is 23.0. The van der Waals surface area contributed by atoms with Crippen LogP contribution >= 0.6 is 73.5 Å². The van der Waals surface area contributed by atoms with E-state index in [1.54, 1.807) is 55.6 Å². The molecule has 29 heteroatoms. The minimum absolute atomic E-state index is 0.0547. The maximum absolute atomic E-state index is 11.5. The van der Waals surface area contributed by atoms with E-state index in [9.17, 15) is 20.1 Å². The largest absolute Gasteiger partial charge is 0.462 e. The van der Waals surface area contributed by atoms with Crippen molar-refractivity contribution in [2.45, 2.75) is 124 Å². The van der Waals surface area contributed by atoms with Crippen molar-refractivity contribution in [3.63, 3.8) is 0 Å². The van der Waals surface area contributed by atoms with E-state index < -0.39 is 46.7 Å². The molecule has 9 rings (SSSR count). The normalized spacial score (nSPS) is 29.6. The average Bonchev–Trinajstić information content (AvgIpc) is 4.21. The van der Waals surface area contributed by atoms with E-state index in [0.717, 1.165) is 36.5 Å². The van der Waals surface area contributed by atoms with Gasteiger partial charge in [-0.05, 0) is 84.6 Å². The molecule has 71 heavy (non-hydrogen) atoms. The van der Waals surface area contributed by atoms with E-state index in [1.165, 1.54) is 47.1 Å². The quantitative estimate of drug-likeness (QED) is 0.0247. The maximum Gasteiger partial charge on any atom is 0.318 e. The summed E-state index contributed by atoms with van der Waals surface area (Å²) in [6.07, 6.45) is 6.84. The molecule has 5 N–H and O–H groups in total. The van der Waals surface area contributed by atoms with Crippen molar-refractivity contribution in [3.8, 4) is 0 Å². The molecule has 0 aliphatic carbocycles. The molecule has 11 atom stereocenters. The molecule has 9 heterocycles. The Kier molecular flexibility index (Phi) is 18.0. The number of aliphatic hydroxyl groups is 3. The van der Waals surface area contributed by atoms with Gasteiger partial charge >= 0.3 is 5.97 Å². The van der Waals surface area contributed by atoms with Crippen LogP contribution in [0.1, 0.15) is 77.2 Å². The Balaban J connectivity index is 0.000000161. The number of aliphatic hydroxyl groups excluding tert-OH is 2. The third kappa shape index (κ3) is 10.2. The third-order valence-electron chi connectivity index (χ3n) is 13.2. The number of fused-ring (bicyclic) bond motifs is 3. The molecular formula is C42H51BrN16O7S5. The van der Waals surface area contributed by atoms with Crippen LogP contribution in [0.25, 0.3) is 64.0 Å². The smallest absolute Gasteiger partial charge is 0.318 e. The summed E-state index contributed by atoms with van der Waals surface area (Å²) < 4.78 is 17.9. The average molecular weight is 1130 g/mol. The van der Waals surface area contributed by atoms with Crippen LogP contribution in [0.2, 0.25) is 0 Å². The van der Waals surface area contributed by atoms with E-state index in [4.69, 9.17) is 36.5 Å². The van der Waals surface area contributed by atoms with Crippen LogP contribution < -0.4 is 5.73 Å². The summed E-state index contributed by atoms with van der Waals surface area (Å²) in [6, 6.07) is 0. The monoisotopic (exact) mass is 1130 g/mol. The highest BCUT2D eigenvalue weighted by atomic mass is 79.9. The number of nitrogen functional groups attached to an aromatic ring is 1. The van der Waals surface area contributed by atoms with Gasteiger partial charge in [-0.25, -0.2) is 29.9 Å². The summed E-state index contributed by atoms with van der Waals surface area (Å²) in [5.41, 5.74) is 30.9. The van der Waals surface area contributed by atoms with Crippen LogP contribution in [0.4, 0.5) is 5.82 Å². The van der Waals surface area contributed by atoms with Crippen molar-refractivity contribution >= 4 is 118 Å². The lowest BCUT2D eigenvalue weighted by Gasteiger charge is -2.35. The number of azide groups is 3. The number of carbonyl (C=O) groups excluding carboxylic acids is 1. The number of thiophene rings is 3. The Hall–Kier alpha value is -4.70.